The van der Waals surface area contributed by atoms with Crippen LogP contribution in [0.2, 0.25) is 0 Å². The van der Waals surface area contributed by atoms with E-state index >= 15 is 0 Å². The minimum atomic E-state index is -0.940. The number of carbonyl (C=O) groups excluding carboxylic acids is 3. The molecule has 0 radical (unpaired) electrons. The highest BCUT2D eigenvalue weighted by Gasteiger charge is 2.31. The minimum Gasteiger partial charge on any atom is -0.370 e. The summed E-state index contributed by atoms with van der Waals surface area (Å²) >= 11 is 3.11. The molecule has 0 saturated heterocycles. The molecule has 1 aliphatic rings. The first-order valence-electron chi connectivity index (χ1n) is 12.3. The van der Waals surface area contributed by atoms with Crippen molar-refractivity contribution in [1.29, 1.82) is 0 Å². The van der Waals surface area contributed by atoms with Crippen LogP contribution in [0.1, 0.15) is 46.6 Å². The zero-order valence-electron chi connectivity index (χ0n) is 22.3. The summed E-state index contributed by atoms with van der Waals surface area (Å²) in [5.41, 5.74) is 3.77. The number of carbonyl (C=O) groups is 3. The van der Waals surface area contributed by atoms with Crippen LogP contribution in [0.15, 0.2) is 48.1 Å². The van der Waals surface area contributed by atoms with Crippen LogP contribution in [-0.2, 0) is 24.0 Å². The predicted octanol–water partition coefficient (Wildman–Crippen LogP) is 3.63. The van der Waals surface area contributed by atoms with Crippen molar-refractivity contribution in [3.63, 3.8) is 0 Å². The second-order valence-electron chi connectivity index (χ2n) is 9.43. The lowest BCUT2D eigenvalue weighted by Gasteiger charge is -2.30. The number of halogens is 1. The molecule has 0 heterocycles. The molecule has 3 amide bonds. The van der Waals surface area contributed by atoms with Crippen LogP contribution < -0.4 is 16.1 Å². The number of hydroxylamine groups is 1. The van der Waals surface area contributed by atoms with Gasteiger partial charge in [-0.3, -0.25) is 19.2 Å². The van der Waals surface area contributed by atoms with E-state index < -0.39 is 23.7 Å². The first kappa shape index (κ1) is 30.9. The van der Waals surface area contributed by atoms with Gasteiger partial charge in [-0.2, -0.15) is 0 Å². The fourth-order valence-corrected chi connectivity index (χ4v) is 3.55. The zero-order valence-corrected chi connectivity index (χ0v) is 23.9. The van der Waals surface area contributed by atoms with E-state index in [2.05, 4.69) is 55.7 Å². The van der Waals surface area contributed by atoms with E-state index in [1.807, 2.05) is 39.0 Å². The predicted molar refractivity (Wildman–Crippen MR) is 151 cm³/mol. The van der Waals surface area contributed by atoms with Crippen molar-refractivity contribution >= 4 is 39.3 Å². The lowest BCUT2D eigenvalue weighted by atomic mass is 9.96. The molecule has 1 aromatic carbocycles. The summed E-state index contributed by atoms with van der Waals surface area (Å²) in [5, 5.41) is 5.74. The molecule has 3 atom stereocenters. The van der Waals surface area contributed by atoms with E-state index in [1.165, 1.54) is 0 Å². The Labute approximate surface area is 233 Å². The Morgan fingerprint density at radius 2 is 1.87 bits per heavy atom. The lowest BCUT2D eigenvalue weighted by molar-refractivity contribution is -0.145. The second kappa shape index (κ2) is 15.1. The van der Waals surface area contributed by atoms with Crippen LogP contribution in [0, 0.1) is 29.6 Å². The number of allylic oxidation sites excluding steroid dienone is 2. The van der Waals surface area contributed by atoms with E-state index in [1.54, 1.807) is 38.1 Å². The third-order valence-electron chi connectivity index (χ3n) is 5.07. The molecular formula is C29H34BrN3O5. The van der Waals surface area contributed by atoms with Gasteiger partial charge in [-0.15, -0.1) is 0 Å². The number of ether oxygens (including phenoxy) is 1. The SMILES string of the molecule is CCONC(=O)C(NC(=O)C1=CCC(C#CC#Cc2ccc(NC(=O)CBr)cc2)C=C1)[C@@H](C)OC(C)(C)C. The summed E-state index contributed by atoms with van der Waals surface area (Å²) < 4.78 is 5.90. The molecule has 0 aromatic heterocycles. The van der Waals surface area contributed by atoms with Gasteiger partial charge in [-0.05, 0) is 77.1 Å². The Kier molecular flexibility index (Phi) is 12.3. The monoisotopic (exact) mass is 583 g/mol. The van der Waals surface area contributed by atoms with Gasteiger partial charge in [0.2, 0.25) is 5.91 Å². The van der Waals surface area contributed by atoms with Crippen LogP contribution >= 0.6 is 15.9 Å². The third kappa shape index (κ3) is 10.9. The number of rotatable bonds is 9. The lowest BCUT2D eigenvalue weighted by Crippen LogP contribution is -2.54. The van der Waals surface area contributed by atoms with E-state index in [-0.39, 0.29) is 23.1 Å². The molecule has 0 fully saturated rings. The van der Waals surface area contributed by atoms with Gasteiger partial charge in [0.25, 0.3) is 11.8 Å². The summed E-state index contributed by atoms with van der Waals surface area (Å²) in [5.74, 6) is 10.7. The summed E-state index contributed by atoms with van der Waals surface area (Å²) in [4.78, 5) is 41.9. The zero-order chi connectivity index (χ0) is 28.1. The van der Waals surface area contributed by atoms with Gasteiger partial charge in [-0.25, -0.2) is 5.48 Å². The number of anilines is 1. The highest BCUT2D eigenvalue weighted by molar-refractivity contribution is 9.09. The van der Waals surface area contributed by atoms with Crippen molar-refractivity contribution in [2.45, 2.75) is 58.8 Å². The van der Waals surface area contributed by atoms with Gasteiger partial charge in [0.1, 0.15) is 6.04 Å². The summed E-state index contributed by atoms with van der Waals surface area (Å²) in [6.45, 7) is 9.41. The first-order valence-corrected chi connectivity index (χ1v) is 13.4. The van der Waals surface area contributed by atoms with Crippen LogP contribution in [0.25, 0.3) is 0 Å². The third-order valence-corrected chi connectivity index (χ3v) is 5.58. The molecule has 38 heavy (non-hydrogen) atoms. The molecule has 2 rings (SSSR count). The average molecular weight is 585 g/mol. The Balaban J connectivity index is 1.96. The minimum absolute atomic E-state index is 0.0807. The maximum atomic E-state index is 12.9. The Hall–Kier alpha value is -3.37. The Bertz CT molecular complexity index is 1180. The van der Waals surface area contributed by atoms with Gasteiger partial charge >= 0.3 is 0 Å². The van der Waals surface area contributed by atoms with Crippen molar-refractivity contribution in [3.05, 3.63) is 53.6 Å². The van der Waals surface area contributed by atoms with Crippen LogP contribution in [-0.4, -0.2) is 47.4 Å². The molecule has 1 aromatic rings. The van der Waals surface area contributed by atoms with Crippen molar-refractivity contribution in [2.75, 3.05) is 17.3 Å². The van der Waals surface area contributed by atoms with E-state index in [0.29, 0.717) is 24.3 Å². The van der Waals surface area contributed by atoms with Crippen molar-refractivity contribution < 1.29 is 24.0 Å². The molecule has 9 heteroatoms. The highest BCUT2D eigenvalue weighted by atomic mass is 79.9. The molecule has 8 nitrogen and oxygen atoms in total. The van der Waals surface area contributed by atoms with Gasteiger partial charge in [0, 0.05) is 22.7 Å². The normalized spacial score (nSPS) is 15.9. The molecule has 2 unspecified atom stereocenters. The maximum Gasteiger partial charge on any atom is 0.268 e. The summed E-state index contributed by atoms with van der Waals surface area (Å²) in [6.07, 6.45) is 5.27. The molecular weight excluding hydrogens is 550 g/mol. The number of benzene rings is 1. The van der Waals surface area contributed by atoms with Crippen LogP contribution in [0.4, 0.5) is 5.69 Å². The number of hydrogen-bond acceptors (Lipinski definition) is 5. The molecule has 3 N–H and O–H groups in total. The number of nitrogens with one attached hydrogen (secondary N) is 3. The highest BCUT2D eigenvalue weighted by Crippen LogP contribution is 2.18. The van der Waals surface area contributed by atoms with Crippen LogP contribution in [0.3, 0.4) is 0 Å². The van der Waals surface area contributed by atoms with E-state index in [9.17, 15) is 14.4 Å². The Morgan fingerprint density at radius 3 is 2.45 bits per heavy atom. The molecule has 202 valence electrons. The topological polar surface area (TPSA) is 106 Å². The van der Waals surface area contributed by atoms with Gasteiger partial charge < -0.3 is 15.4 Å². The number of amides is 3. The molecule has 0 saturated carbocycles. The Morgan fingerprint density at radius 1 is 1.16 bits per heavy atom. The van der Waals surface area contributed by atoms with Gasteiger partial charge in [0.15, 0.2) is 0 Å². The molecule has 0 bridgehead atoms. The molecule has 0 spiro atoms. The van der Waals surface area contributed by atoms with Crippen molar-refractivity contribution in [1.82, 2.24) is 10.8 Å². The number of alkyl halides is 1. The van der Waals surface area contributed by atoms with Gasteiger partial charge in [0.05, 0.1) is 23.6 Å². The summed E-state index contributed by atoms with van der Waals surface area (Å²) in [7, 11) is 0. The fraction of sp³-hybridized carbons (Fsp3) is 0.414. The second-order valence-corrected chi connectivity index (χ2v) is 9.99. The van der Waals surface area contributed by atoms with Crippen LogP contribution in [0.5, 0.6) is 0 Å². The fourth-order valence-electron chi connectivity index (χ4n) is 3.41. The first-order chi connectivity index (χ1) is 18.0. The molecule has 1 aliphatic carbocycles. The van der Waals surface area contributed by atoms with Gasteiger partial charge in [-0.1, -0.05) is 46.0 Å². The maximum absolute atomic E-state index is 12.9. The van der Waals surface area contributed by atoms with Crippen molar-refractivity contribution in [3.8, 4) is 23.7 Å². The van der Waals surface area contributed by atoms with E-state index in [0.717, 1.165) is 5.56 Å². The molecule has 0 aliphatic heterocycles. The average Bonchev–Trinajstić information content (AvgIpc) is 2.88. The quantitative estimate of drug-likeness (QED) is 0.234. The van der Waals surface area contributed by atoms with Crippen molar-refractivity contribution in [2.24, 2.45) is 5.92 Å². The number of hydrogen-bond donors (Lipinski definition) is 3. The standard InChI is InChI=1S/C29H34BrN3O5/c1-6-37-33-28(36)26(20(2)38-29(3,4)5)32-27(35)23-15-11-21(12-16-23)9-7-8-10-22-13-17-24(18-14-22)31-25(34)19-30/h11,13-18,20-21,26H,6,12,19H2,1-5H3,(H,31,34)(H,32,35)(H,33,36)/t20-,21?,26?/m1/s1. The van der Waals surface area contributed by atoms with E-state index in [4.69, 9.17) is 9.57 Å². The smallest absolute Gasteiger partial charge is 0.268 e. The largest absolute Gasteiger partial charge is 0.370 e. The summed E-state index contributed by atoms with van der Waals surface area (Å²) in [6, 6.07) is 6.23.